The molecule has 11 heteroatoms. The van der Waals surface area contributed by atoms with Crippen LogP contribution in [0.1, 0.15) is 11.3 Å². The fourth-order valence-corrected chi connectivity index (χ4v) is 3.09. The number of nitrogens with zero attached hydrogens (tertiary/aromatic N) is 4. The van der Waals surface area contributed by atoms with Crippen molar-refractivity contribution in [2.24, 2.45) is 0 Å². The molecule has 1 aliphatic rings. The normalized spacial score (nSPS) is 16.1. The van der Waals surface area contributed by atoms with Gasteiger partial charge in [0.05, 0.1) is 13.2 Å². The molecule has 2 aromatic heterocycles. The molecular weight excluding hydrogens is 413 g/mol. The maximum atomic E-state index is 13.8. The molecule has 1 saturated heterocycles. The smallest absolute Gasteiger partial charge is 0.433 e. The molecule has 0 spiro atoms. The summed E-state index contributed by atoms with van der Waals surface area (Å²) >= 11 is 5.81. The summed E-state index contributed by atoms with van der Waals surface area (Å²) < 4.78 is 59.5. The number of alkyl halides is 3. The topological polar surface area (TPSA) is 71.3 Å². The van der Waals surface area contributed by atoms with Gasteiger partial charge in [-0.3, -0.25) is 0 Å². The van der Waals surface area contributed by atoms with Crippen LogP contribution in [0.5, 0.6) is 11.6 Å². The fourth-order valence-electron chi connectivity index (χ4n) is 2.96. The van der Waals surface area contributed by atoms with Crippen molar-refractivity contribution in [3.63, 3.8) is 0 Å². The molecule has 0 radical (unpaired) electrons. The van der Waals surface area contributed by atoms with Crippen LogP contribution in [0.4, 0.5) is 13.2 Å². The number of ether oxygens (including phenoxy) is 3. The quantitative estimate of drug-likeness (QED) is 0.613. The van der Waals surface area contributed by atoms with E-state index in [1.165, 1.54) is 41.6 Å². The van der Waals surface area contributed by atoms with Crippen LogP contribution < -0.4 is 4.74 Å². The third-order valence-corrected chi connectivity index (χ3v) is 4.43. The molecule has 1 aromatic carbocycles. The second-order valence-corrected chi connectivity index (χ2v) is 6.58. The summed E-state index contributed by atoms with van der Waals surface area (Å²) in [4.78, 5) is 7.50. The Labute approximate surface area is 168 Å². The number of pyridine rings is 1. The minimum Gasteiger partial charge on any atom is -0.439 e. The molecule has 0 N–H and O–H groups in total. The number of hydrogen-bond acceptors (Lipinski definition) is 6. The van der Waals surface area contributed by atoms with E-state index in [0.29, 0.717) is 10.8 Å². The SMILES string of the molecule is FC(F)(F)c1nc(Oc2ccc(Cl)cc2)ccc1C1(Cn2cncn2)OCCO1. The Morgan fingerprint density at radius 2 is 1.83 bits per heavy atom. The van der Waals surface area contributed by atoms with E-state index in [-0.39, 0.29) is 31.2 Å². The van der Waals surface area contributed by atoms with E-state index < -0.39 is 17.7 Å². The number of aromatic nitrogens is 4. The zero-order chi connectivity index (χ0) is 20.5. The van der Waals surface area contributed by atoms with Gasteiger partial charge in [0.25, 0.3) is 0 Å². The molecule has 1 aliphatic heterocycles. The van der Waals surface area contributed by atoms with Crippen LogP contribution >= 0.6 is 11.6 Å². The number of halogens is 4. The molecule has 0 amide bonds. The Morgan fingerprint density at radius 1 is 1.10 bits per heavy atom. The van der Waals surface area contributed by atoms with Crippen molar-refractivity contribution < 1.29 is 27.4 Å². The van der Waals surface area contributed by atoms with Crippen LogP contribution in [0.15, 0.2) is 49.1 Å². The van der Waals surface area contributed by atoms with Crippen LogP contribution in [0.25, 0.3) is 0 Å². The zero-order valence-electron chi connectivity index (χ0n) is 14.8. The minimum absolute atomic E-state index is 0.116. The van der Waals surface area contributed by atoms with Gasteiger partial charge in [-0.25, -0.2) is 14.6 Å². The zero-order valence-corrected chi connectivity index (χ0v) is 15.5. The van der Waals surface area contributed by atoms with E-state index >= 15 is 0 Å². The first-order valence-electron chi connectivity index (χ1n) is 8.48. The van der Waals surface area contributed by atoms with Gasteiger partial charge in [0.2, 0.25) is 11.7 Å². The molecule has 1 fully saturated rings. The monoisotopic (exact) mass is 426 g/mol. The van der Waals surface area contributed by atoms with Crippen LogP contribution in [-0.4, -0.2) is 33.0 Å². The molecule has 152 valence electrons. The highest BCUT2D eigenvalue weighted by atomic mass is 35.5. The summed E-state index contributed by atoms with van der Waals surface area (Å²) in [6.45, 7) is 0.152. The molecule has 0 saturated carbocycles. The van der Waals surface area contributed by atoms with Gasteiger partial charge in [0, 0.05) is 16.7 Å². The maximum Gasteiger partial charge on any atom is 0.433 e. The largest absolute Gasteiger partial charge is 0.439 e. The first kappa shape index (κ1) is 19.6. The van der Waals surface area contributed by atoms with Crippen molar-refractivity contribution >= 4 is 11.6 Å². The lowest BCUT2D eigenvalue weighted by atomic mass is 10.0. The molecule has 29 heavy (non-hydrogen) atoms. The van der Waals surface area contributed by atoms with Gasteiger partial charge in [-0.15, -0.1) is 0 Å². The van der Waals surface area contributed by atoms with Crippen LogP contribution in [0, 0.1) is 0 Å². The number of benzene rings is 1. The summed E-state index contributed by atoms with van der Waals surface area (Å²) in [5.41, 5.74) is -1.42. The molecular formula is C18H14ClF3N4O3. The second kappa shape index (κ2) is 7.62. The lowest BCUT2D eigenvalue weighted by Crippen LogP contribution is -2.36. The first-order valence-corrected chi connectivity index (χ1v) is 8.86. The number of hydrogen-bond donors (Lipinski definition) is 0. The van der Waals surface area contributed by atoms with Crippen molar-refractivity contribution in [1.82, 2.24) is 19.7 Å². The highest BCUT2D eigenvalue weighted by Gasteiger charge is 2.48. The lowest BCUT2D eigenvalue weighted by molar-refractivity contribution is -0.189. The van der Waals surface area contributed by atoms with E-state index in [4.69, 9.17) is 25.8 Å². The van der Waals surface area contributed by atoms with Crippen molar-refractivity contribution in [1.29, 1.82) is 0 Å². The maximum absolute atomic E-state index is 13.8. The Kier molecular flexibility index (Phi) is 5.15. The van der Waals surface area contributed by atoms with Crippen molar-refractivity contribution in [3.8, 4) is 11.6 Å². The second-order valence-electron chi connectivity index (χ2n) is 6.14. The highest BCUT2D eigenvalue weighted by molar-refractivity contribution is 6.30. The average molecular weight is 427 g/mol. The predicted molar refractivity (Wildman–Crippen MR) is 94.4 cm³/mol. The van der Waals surface area contributed by atoms with Gasteiger partial charge in [-0.1, -0.05) is 11.6 Å². The van der Waals surface area contributed by atoms with E-state index in [1.54, 1.807) is 12.1 Å². The van der Waals surface area contributed by atoms with Crippen LogP contribution in [0.3, 0.4) is 0 Å². The third-order valence-electron chi connectivity index (χ3n) is 4.18. The summed E-state index contributed by atoms with van der Waals surface area (Å²) in [6.07, 6.45) is -2.13. The molecule has 0 bridgehead atoms. The predicted octanol–water partition coefficient (Wildman–Crippen LogP) is 4.04. The molecule has 0 aliphatic carbocycles. The highest BCUT2D eigenvalue weighted by Crippen LogP contribution is 2.42. The van der Waals surface area contributed by atoms with Crippen LogP contribution in [0.2, 0.25) is 5.02 Å². The summed E-state index contributed by atoms with van der Waals surface area (Å²) in [5.74, 6) is -1.62. The molecule has 3 aromatic rings. The van der Waals surface area contributed by atoms with Gasteiger partial charge < -0.3 is 14.2 Å². The van der Waals surface area contributed by atoms with E-state index in [2.05, 4.69) is 15.1 Å². The lowest BCUT2D eigenvalue weighted by Gasteiger charge is -2.29. The summed E-state index contributed by atoms with van der Waals surface area (Å²) in [6, 6.07) is 8.74. The Morgan fingerprint density at radius 3 is 2.45 bits per heavy atom. The van der Waals surface area contributed by atoms with Crippen molar-refractivity contribution in [2.45, 2.75) is 18.5 Å². The van der Waals surface area contributed by atoms with Gasteiger partial charge >= 0.3 is 6.18 Å². The van der Waals surface area contributed by atoms with Gasteiger partial charge in [-0.2, -0.15) is 18.3 Å². The fraction of sp³-hybridized carbons (Fsp3) is 0.278. The van der Waals surface area contributed by atoms with E-state index in [9.17, 15) is 13.2 Å². The standard InChI is InChI=1S/C18H14ClF3N4O3/c19-12-1-3-13(4-2-12)29-15-6-5-14(16(25-15)18(20,21)22)17(27-7-8-28-17)9-26-11-23-10-24-26/h1-6,10-11H,7-9H2. The van der Waals surface area contributed by atoms with E-state index in [0.717, 1.165) is 0 Å². The summed E-state index contributed by atoms with van der Waals surface area (Å²) in [7, 11) is 0. The van der Waals surface area contributed by atoms with Crippen LogP contribution in [-0.2, 0) is 28.0 Å². The van der Waals surface area contributed by atoms with Gasteiger partial charge in [-0.05, 0) is 30.3 Å². The van der Waals surface area contributed by atoms with Crippen molar-refractivity contribution in [2.75, 3.05) is 13.2 Å². The van der Waals surface area contributed by atoms with Crippen molar-refractivity contribution in [3.05, 3.63) is 65.3 Å². The molecule has 0 atom stereocenters. The Balaban J connectivity index is 1.73. The van der Waals surface area contributed by atoms with E-state index in [1.807, 2.05) is 0 Å². The minimum atomic E-state index is -4.76. The molecule has 0 unspecified atom stereocenters. The Bertz CT molecular complexity index is 975. The van der Waals surface area contributed by atoms with Gasteiger partial charge in [0.1, 0.15) is 24.9 Å². The number of rotatable bonds is 5. The first-order chi connectivity index (χ1) is 13.9. The van der Waals surface area contributed by atoms with Gasteiger partial charge in [0.15, 0.2) is 5.69 Å². The molecule has 4 rings (SSSR count). The molecule has 3 heterocycles. The Hall–Kier alpha value is -2.69. The third kappa shape index (κ3) is 4.19. The average Bonchev–Trinajstić information content (AvgIpc) is 3.36. The summed E-state index contributed by atoms with van der Waals surface area (Å²) in [5, 5.41) is 4.41. The molecule has 7 nitrogen and oxygen atoms in total.